The SMILES string of the molecule is Cc1ccc(-c2cccc(CN3CCC(O)CC3)c2)cc1. The van der Waals surface area contributed by atoms with Crippen LogP contribution in [0.3, 0.4) is 0 Å². The number of piperidine rings is 1. The normalized spacial score (nSPS) is 17.0. The first kappa shape index (κ1) is 14.3. The van der Waals surface area contributed by atoms with Crippen molar-refractivity contribution in [2.24, 2.45) is 0 Å². The Morgan fingerprint density at radius 2 is 1.71 bits per heavy atom. The average molecular weight is 281 g/mol. The molecule has 1 N–H and O–H groups in total. The summed E-state index contributed by atoms with van der Waals surface area (Å²) in [6.07, 6.45) is 1.70. The van der Waals surface area contributed by atoms with Crippen LogP contribution in [0.2, 0.25) is 0 Å². The fourth-order valence-corrected chi connectivity index (χ4v) is 2.93. The highest BCUT2D eigenvalue weighted by molar-refractivity contribution is 5.64. The lowest BCUT2D eigenvalue weighted by Crippen LogP contribution is -2.35. The van der Waals surface area contributed by atoms with E-state index in [4.69, 9.17) is 0 Å². The molecule has 0 radical (unpaired) electrons. The van der Waals surface area contributed by atoms with Crippen LogP contribution in [-0.4, -0.2) is 29.2 Å². The second-order valence-electron chi connectivity index (χ2n) is 6.07. The smallest absolute Gasteiger partial charge is 0.0564 e. The highest BCUT2D eigenvalue weighted by Gasteiger charge is 2.16. The zero-order valence-electron chi connectivity index (χ0n) is 12.6. The van der Waals surface area contributed by atoms with E-state index in [1.807, 2.05) is 0 Å². The Morgan fingerprint density at radius 3 is 2.43 bits per heavy atom. The van der Waals surface area contributed by atoms with Crippen LogP contribution < -0.4 is 0 Å². The molecule has 3 rings (SSSR count). The first-order valence-electron chi connectivity index (χ1n) is 7.77. The number of aliphatic hydroxyl groups is 1. The van der Waals surface area contributed by atoms with Crippen molar-refractivity contribution in [2.75, 3.05) is 13.1 Å². The van der Waals surface area contributed by atoms with Gasteiger partial charge in [0, 0.05) is 19.6 Å². The predicted molar refractivity (Wildman–Crippen MR) is 87.1 cm³/mol. The second kappa shape index (κ2) is 6.42. The zero-order valence-corrected chi connectivity index (χ0v) is 12.6. The molecule has 1 fully saturated rings. The standard InChI is InChI=1S/C19H23NO/c1-15-5-7-17(8-6-15)18-4-2-3-16(13-18)14-20-11-9-19(21)10-12-20/h2-8,13,19,21H,9-12,14H2,1H3. The van der Waals surface area contributed by atoms with Gasteiger partial charge in [-0.2, -0.15) is 0 Å². The topological polar surface area (TPSA) is 23.5 Å². The molecular formula is C19H23NO. The molecule has 2 aromatic rings. The molecule has 0 bridgehead atoms. The Bertz CT molecular complexity index is 583. The van der Waals surface area contributed by atoms with Gasteiger partial charge < -0.3 is 5.11 Å². The average Bonchev–Trinajstić information content (AvgIpc) is 2.51. The molecule has 0 aliphatic carbocycles. The summed E-state index contributed by atoms with van der Waals surface area (Å²) in [7, 11) is 0. The molecule has 110 valence electrons. The third-order valence-electron chi connectivity index (χ3n) is 4.28. The number of rotatable bonds is 3. The Morgan fingerprint density at radius 1 is 1.00 bits per heavy atom. The highest BCUT2D eigenvalue weighted by atomic mass is 16.3. The van der Waals surface area contributed by atoms with E-state index in [-0.39, 0.29) is 6.10 Å². The van der Waals surface area contributed by atoms with E-state index in [0.29, 0.717) is 0 Å². The lowest BCUT2D eigenvalue weighted by atomic mass is 10.0. The fraction of sp³-hybridized carbons (Fsp3) is 0.368. The highest BCUT2D eigenvalue weighted by Crippen LogP contribution is 2.22. The van der Waals surface area contributed by atoms with Crippen molar-refractivity contribution in [2.45, 2.75) is 32.4 Å². The molecule has 0 saturated carbocycles. The van der Waals surface area contributed by atoms with Crippen molar-refractivity contribution in [3.05, 3.63) is 59.7 Å². The van der Waals surface area contributed by atoms with E-state index in [1.165, 1.54) is 22.3 Å². The molecule has 21 heavy (non-hydrogen) atoms. The van der Waals surface area contributed by atoms with E-state index >= 15 is 0 Å². The molecule has 0 spiro atoms. The number of hydrogen-bond donors (Lipinski definition) is 1. The summed E-state index contributed by atoms with van der Waals surface area (Å²) in [4.78, 5) is 2.43. The van der Waals surface area contributed by atoms with Crippen molar-refractivity contribution in [3.63, 3.8) is 0 Å². The first-order chi connectivity index (χ1) is 10.2. The van der Waals surface area contributed by atoms with Crippen molar-refractivity contribution in [1.82, 2.24) is 4.90 Å². The molecule has 1 aliphatic rings. The molecule has 0 aromatic heterocycles. The summed E-state index contributed by atoms with van der Waals surface area (Å²) in [6, 6.07) is 17.5. The summed E-state index contributed by atoms with van der Waals surface area (Å²) in [5.74, 6) is 0. The van der Waals surface area contributed by atoms with Crippen LogP contribution in [0.25, 0.3) is 11.1 Å². The summed E-state index contributed by atoms with van der Waals surface area (Å²) < 4.78 is 0. The van der Waals surface area contributed by atoms with Crippen molar-refractivity contribution in [1.29, 1.82) is 0 Å². The van der Waals surface area contributed by atoms with Crippen molar-refractivity contribution < 1.29 is 5.11 Å². The van der Waals surface area contributed by atoms with E-state index in [9.17, 15) is 5.11 Å². The van der Waals surface area contributed by atoms with Gasteiger partial charge in [0.15, 0.2) is 0 Å². The lowest BCUT2D eigenvalue weighted by Gasteiger charge is -2.29. The monoisotopic (exact) mass is 281 g/mol. The van der Waals surface area contributed by atoms with Gasteiger partial charge in [0.25, 0.3) is 0 Å². The summed E-state index contributed by atoms with van der Waals surface area (Å²) >= 11 is 0. The summed E-state index contributed by atoms with van der Waals surface area (Å²) in [5, 5.41) is 9.58. The molecule has 2 nitrogen and oxygen atoms in total. The molecular weight excluding hydrogens is 258 g/mol. The maximum atomic E-state index is 9.58. The van der Waals surface area contributed by atoms with Crippen LogP contribution in [0.1, 0.15) is 24.0 Å². The van der Waals surface area contributed by atoms with Gasteiger partial charge in [-0.05, 0) is 42.5 Å². The predicted octanol–water partition coefficient (Wildman–Crippen LogP) is 3.62. The minimum absolute atomic E-state index is 0.0971. The Kier molecular flexibility index (Phi) is 4.37. The van der Waals surface area contributed by atoms with Crippen LogP contribution in [0.15, 0.2) is 48.5 Å². The third kappa shape index (κ3) is 3.72. The minimum atomic E-state index is -0.0971. The molecule has 1 saturated heterocycles. The molecule has 0 atom stereocenters. The maximum Gasteiger partial charge on any atom is 0.0564 e. The summed E-state index contributed by atoms with van der Waals surface area (Å²) in [6.45, 7) is 5.09. The van der Waals surface area contributed by atoms with Gasteiger partial charge in [0.2, 0.25) is 0 Å². The number of likely N-dealkylation sites (tertiary alicyclic amines) is 1. The van der Waals surface area contributed by atoms with Gasteiger partial charge in [-0.25, -0.2) is 0 Å². The quantitative estimate of drug-likeness (QED) is 0.929. The number of benzene rings is 2. The second-order valence-corrected chi connectivity index (χ2v) is 6.07. The van der Waals surface area contributed by atoms with E-state index in [0.717, 1.165) is 32.5 Å². The molecule has 0 amide bonds. The fourth-order valence-electron chi connectivity index (χ4n) is 2.93. The Labute approximate surface area is 127 Å². The van der Waals surface area contributed by atoms with Crippen LogP contribution in [-0.2, 0) is 6.54 Å². The van der Waals surface area contributed by atoms with Crippen LogP contribution in [0.5, 0.6) is 0 Å². The molecule has 1 heterocycles. The van der Waals surface area contributed by atoms with Gasteiger partial charge in [0.05, 0.1) is 6.10 Å². The van der Waals surface area contributed by atoms with E-state index in [2.05, 4.69) is 60.4 Å². The molecule has 2 heteroatoms. The number of nitrogens with zero attached hydrogens (tertiary/aromatic N) is 1. The summed E-state index contributed by atoms with van der Waals surface area (Å²) in [5.41, 5.74) is 5.20. The number of aryl methyl sites for hydroxylation is 1. The Hall–Kier alpha value is -1.64. The third-order valence-corrected chi connectivity index (χ3v) is 4.28. The number of aliphatic hydroxyl groups excluding tert-OH is 1. The van der Waals surface area contributed by atoms with E-state index in [1.54, 1.807) is 0 Å². The molecule has 0 unspecified atom stereocenters. The van der Waals surface area contributed by atoms with Gasteiger partial charge in [-0.15, -0.1) is 0 Å². The minimum Gasteiger partial charge on any atom is -0.393 e. The van der Waals surface area contributed by atoms with Gasteiger partial charge in [0.1, 0.15) is 0 Å². The van der Waals surface area contributed by atoms with Crippen LogP contribution in [0.4, 0.5) is 0 Å². The molecule has 1 aliphatic heterocycles. The van der Waals surface area contributed by atoms with E-state index < -0.39 is 0 Å². The molecule has 2 aromatic carbocycles. The van der Waals surface area contributed by atoms with Gasteiger partial charge >= 0.3 is 0 Å². The maximum absolute atomic E-state index is 9.58. The Balaban J connectivity index is 1.72. The van der Waals surface area contributed by atoms with Crippen molar-refractivity contribution in [3.8, 4) is 11.1 Å². The van der Waals surface area contributed by atoms with Crippen LogP contribution >= 0.6 is 0 Å². The zero-order chi connectivity index (χ0) is 14.7. The first-order valence-corrected chi connectivity index (χ1v) is 7.77. The van der Waals surface area contributed by atoms with Gasteiger partial charge in [-0.1, -0.05) is 48.0 Å². The van der Waals surface area contributed by atoms with Crippen molar-refractivity contribution >= 4 is 0 Å². The van der Waals surface area contributed by atoms with Crippen LogP contribution in [0, 0.1) is 6.92 Å². The van der Waals surface area contributed by atoms with Gasteiger partial charge in [-0.3, -0.25) is 4.90 Å². The largest absolute Gasteiger partial charge is 0.393 e. The lowest BCUT2D eigenvalue weighted by molar-refractivity contribution is 0.0792. The number of hydrogen-bond acceptors (Lipinski definition) is 2.